The highest BCUT2D eigenvalue weighted by Gasteiger charge is 2.29. The third kappa shape index (κ3) is 2.30. The Kier molecular flexibility index (Phi) is 3.24. The molecule has 2 N–H and O–H groups in total. The summed E-state index contributed by atoms with van der Waals surface area (Å²) in [5, 5.41) is 19.2. The number of fused-ring (bicyclic) bond motifs is 1. The fraction of sp³-hybridized carbons (Fsp3) is 0.250. The van der Waals surface area contributed by atoms with Gasteiger partial charge in [-0.3, -0.25) is 0 Å². The summed E-state index contributed by atoms with van der Waals surface area (Å²) in [6, 6.07) is 12.0. The molecule has 2 aromatic carbocycles. The predicted molar refractivity (Wildman–Crippen MR) is 73.9 cm³/mol. The summed E-state index contributed by atoms with van der Waals surface area (Å²) in [5.41, 5.74) is 1.82. The molecule has 2 atom stereocenters. The lowest BCUT2D eigenvalue weighted by Gasteiger charge is -2.31. The summed E-state index contributed by atoms with van der Waals surface area (Å²) in [4.78, 5) is 0. The maximum absolute atomic E-state index is 9.59. The Labute approximate surface area is 117 Å². The summed E-state index contributed by atoms with van der Waals surface area (Å²) in [7, 11) is 1.66. The van der Waals surface area contributed by atoms with Crippen LogP contribution >= 0.6 is 0 Å². The number of rotatable bonds is 2. The number of hydrogen-bond donors (Lipinski definition) is 2. The molecule has 0 bridgehead atoms. The van der Waals surface area contributed by atoms with Crippen LogP contribution in [-0.2, 0) is 4.74 Å². The number of phenolic OH excluding ortho intramolecular Hbond substituents is 2. The summed E-state index contributed by atoms with van der Waals surface area (Å²) < 4.78 is 11.5. The fourth-order valence-electron chi connectivity index (χ4n) is 2.57. The van der Waals surface area contributed by atoms with Crippen molar-refractivity contribution in [2.45, 2.75) is 18.6 Å². The van der Waals surface area contributed by atoms with Crippen LogP contribution in [0.3, 0.4) is 0 Å². The number of phenols is 2. The largest absolute Gasteiger partial charge is 0.508 e. The van der Waals surface area contributed by atoms with Gasteiger partial charge in [0.05, 0.1) is 6.10 Å². The minimum atomic E-state index is -0.207. The number of methoxy groups -OCH3 is 1. The van der Waals surface area contributed by atoms with Crippen LogP contribution in [-0.4, -0.2) is 17.3 Å². The zero-order valence-corrected chi connectivity index (χ0v) is 11.1. The second-order valence-corrected chi connectivity index (χ2v) is 4.88. The van der Waals surface area contributed by atoms with E-state index < -0.39 is 0 Å². The van der Waals surface area contributed by atoms with E-state index >= 15 is 0 Å². The molecule has 0 aliphatic carbocycles. The molecule has 4 heteroatoms. The summed E-state index contributed by atoms with van der Waals surface area (Å²) in [5.74, 6) is 0.994. The van der Waals surface area contributed by atoms with Gasteiger partial charge in [0.15, 0.2) is 0 Å². The van der Waals surface area contributed by atoms with Gasteiger partial charge in [-0.05, 0) is 29.8 Å². The van der Waals surface area contributed by atoms with Crippen LogP contribution in [0.2, 0.25) is 0 Å². The van der Waals surface area contributed by atoms with E-state index in [0.29, 0.717) is 12.2 Å². The van der Waals surface area contributed by atoms with Crippen molar-refractivity contribution in [3.63, 3.8) is 0 Å². The quantitative estimate of drug-likeness (QED) is 0.880. The number of benzene rings is 2. The first-order valence-corrected chi connectivity index (χ1v) is 6.48. The third-order valence-corrected chi connectivity index (χ3v) is 3.57. The van der Waals surface area contributed by atoms with Gasteiger partial charge in [0.2, 0.25) is 0 Å². The monoisotopic (exact) mass is 272 g/mol. The van der Waals surface area contributed by atoms with Crippen LogP contribution < -0.4 is 4.74 Å². The van der Waals surface area contributed by atoms with Crippen molar-refractivity contribution in [3.8, 4) is 17.2 Å². The van der Waals surface area contributed by atoms with Gasteiger partial charge in [-0.2, -0.15) is 0 Å². The highest BCUT2D eigenvalue weighted by atomic mass is 16.5. The molecule has 0 radical (unpaired) electrons. The lowest BCUT2D eigenvalue weighted by Crippen LogP contribution is -2.20. The normalized spacial score (nSPS) is 21.1. The minimum absolute atomic E-state index is 0.0910. The molecule has 0 amide bonds. The average molecular weight is 272 g/mol. The Bertz CT molecular complexity index is 624. The molecule has 3 rings (SSSR count). The molecule has 0 fully saturated rings. The molecule has 1 unspecified atom stereocenters. The molecular formula is C16H16O4. The Morgan fingerprint density at radius 1 is 1.10 bits per heavy atom. The van der Waals surface area contributed by atoms with Crippen LogP contribution in [0.25, 0.3) is 0 Å². The van der Waals surface area contributed by atoms with Gasteiger partial charge < -0.3 is 19.7 Å². The molecule has 1 aliphatic heterocycles. The first kappa shape index (κ1) is 12.8. The molecule has 0 spiro atoms. The van der Waals surface area contributed by atoms with E-state index in [2.05, 4.69) is 0 Å². The number of ether oxygens (including phenoxy) is 2. The van der Waals surface area contributed by atoms with Gasteiger partial charge >= 0.3 is 0 Å². The SMILES string of the molecule is COC1C[C@H](c2cccc(O)c2)Oc2cc(O)ccc21. The topological polar surface area (TPSA) is 58.9 Å². The van der Waals surface area contributed by atoms with Crippen molar-refractivity contribution >= 4 is 0 Å². The maximum atomic E-state index is 9.59. The average Bonchev–Trinajstić information content (AvgIpc) is 2.45. The molecule has 104 valence electrons. The van der Waals surface area contributed by atoms with Gasteiger partial charge in [-0.1, -0.05) is 12.1 Å². The third-order valence-electron chi connectivity index (χ3n) is 3.57. The van der Waals surface area contributed by atoms with Crippen molar-refractivity contribution in [3.05, 3.63) is 53.6 Å². The van der Waals surface area contributed by atoms with Crippen molar-refractivity contribution in [2.24, 2.45) is 0 Å². The van der Waals surface area contributed by atoms with E-state index in [9.17, 15) is 10.2 Å². The number of aromatic hydroxyl groups is 2. The molecule has 4 nitrogen and oxygen atoms in total. The Hall–Kier alpha value is -2.20. The van der Waals surface area contributed by atoms with Crippen LogP contribution in [0, 0.1) is 0 Å². The second kappa shape index (κ2) is 5.06. The zero-order valence-electron chi connectivity index (χ0n) is 11.1. The van der Waals surface area contributed by atoms with Crippen molar-refractivity contribution < 1.29 is 19.7 Å². The zero-order chi connectivity index (χ0) is 14.1. The second-order valence-electron chi connectivity index (χ2n) is 4.88. The Morgan fingerprint density at radius 3 is 2.65 bits per heavy atom. The van der Waals surface area contributed by atoms with E-state index in [0.717, 1.165) is 11.1 Å². The van der Waals surface area contributed by atoms with Gasteiger partial charge in [-0.15, -0.1) is 0 Å². The smallest absolute Gasteiger partial charge is 0.129 e. The van der Waals surface area contributed by atoms with Crippen molar-refractivity contribution in [1.29, 1.82) is 0 Å². The fourth-order valence-corrected chi connectivity index (χ4v) is 2.57. The summed E-state index contributed by atoms with van der Waals surface area (Å²) >= 11 is 0. The molecule has 1 aliphatic rings. The van der Waals surface area contributed by atoms with Crippen LogP contribution in [0.15, 0.2) is 42.5 Å². The lowest BCUT2D eigenvalue weighted by molar-refractivity contribution is 0.0299. The highest BCUT2D eigenvalue weighted by molar-refractivity contribution is 5.44. The van der Waals surface area contributed by atoms with E-state index in [1.54, 1.807) is 37.4 Å². The molecule has 1 heterocycles. The summed E-state index contributed by atoms with van der Waals surface area (Å²) in [6.07, 6.45) is 0.366. The molecular weight excluding hydrogens is 256 g/mol. The predicted octanol–water partition coefficient (Wildman–Crippen LogP) is 3.31. The highest BCUT2D eigenvalue weighted by Crippen LogP contribution is 2.43. The van der Waals surface area contributed by atoms with E-state index in [-0.39, 0.29) is 23.7 Å². The summed E-state index contributed by atoms with van der Waals surface area (Å²) in [6.45, 7) is 0. The van der Waals surface area contributed by atoms with Crippen LogP contribution in [0.1, 0.15) is 29.8 Å². The van der Waals surface area contributed by atoms with Gasteiger partial charge in [-0.25, -0.2) is 0 Å². The number of hydrogen-bond acceptors (Lipinski definition) is 4. The molecule has 0 saturated heterocycles. The van der Waals surface area contributed by atoms with E-state index in [4.69, 9.17) is 9.47 Å². The Balaban J connectivity index is 1.97. The standard InChI is InChI=1S/C16H16O4/c1-19-15-9-14(10-3-2-4-11(17)7-10)20-16-8-12(18)5-6-13(15)16/h2-8,14-15,17-18H,9H2,1H3/t14-,15?/m1/s1. The maximum Gasteiger partial charge on any atom is 0.129 e. The van der Waals surface area contributed by atoms with Gasteiger partial charge in [0, 0.05) is 25.2 Å². The van der Waals surface area contributed by atoms with Crippen LogP contribution in [0.4, 0.5) is 0 Å². The molecule has 0 aromatic heterocycles. The van der Waals surface area contributed by atoms with Gasteiger partial charge in [0.1, 0.15) is 23.4 Å². The van der Waals surface area contributed by atoms with Crippen molar-refractivity contribution in [2.75, 3.05) is 7.11 Å². The molecule has 2 aromatic rings. The minimum Gasteiger partial charge on any atom is -0.508 e. The van der Waals surface area contributed by atoms with Crippen LogP contribution in [0.5, 0.6) is 17.2 Å². The lowest BCUT2D eigenvalue weighted by atomic mass is 9.94. The van der Waals surface area contributed by atoms with E-state index in [1.165, 1.54) is 0 Å². The molecule has 20 heavy (non-hydrogen) atoms. The first-order chi connectivity index (χ1) is 9.67. The van der Waals surface area contributed by atoms with Crippen molar-refractivity contribution in [1.82, 2.24) is 0 Å². The van der Waals surface area contributed by atoms with E-state index in [1.807, 2.05) is 12.1 Å². The molecule has 0 saturated carbocycles. The van der Waals surface area contributed by atoms with Gasteiger partial charge in [0.25, 0.3) is 0 Å². The Morgan fingerprint density at radius 2 is 1.90 bits per heavy atom. The first-order valence-electron chi connectivity index (χ1n) is 6.48.